The van der Waals surface area contributed by atoms with Gasteiger partial charge in [0.25, 0.3) is 11.8 Å². The molecule has 5 N–H and O–H groups in total. The van der Waals surface area contributed by atoms with Crippen molar-refractivity contribution in [3.8, 4) is 16.9 Å². The number of carbonyl (C=O) groups is 4. The summed E-state index contributed by atoms with van der Waals surface area (Å²) in [6.45, 7) is 5.12. The van der Waals surface area contributed by atoms with Gasteiger partial charge in [-0.05, 0) is 67.3 Å². The van der Waals surface area contributed by atoms with Crippen molar-refractivity contribution in [3.05, 3.63) is 83.2 Å². The number of halogens is 3. The molecule has 0 unspecified atom stereocenters. The Bertz CT molecular complexity index is 1680. The number of benzene rings is 2. The Hall–Kier alpha value is -4.65. The summed E-state index contributed by atoms with van der Waals surface area (Å²) in [6.07, 6.45) is 3.61. The molecule has 1 aromatic heterocycles. The van der Waals surface area contributed by atoms with Gasteiger partial charge in [-0.15, -0.1) is 0 Å². The zero-order valence-corrected chi connectivity index (χ0v) is 28.4. The number of nitrogens with zero attached hydrogens (tertiary/aromatic N) is 1. The lowest BCUT2D eigenvalue weighted by Gasteiger charge is -2.17. The maximum Gasteiger partial charge on any atom is 0.357 e. The van der Waals surface area contributed by atoms with Crippen LogP contribution < -0.4 is 21.1 Å². The van der Waals surface area contributed by atoms with Crippen LogP contribution in [0.1, 0.15) is 62.2 Å². The number of pyridine rings is 1. The van der Waals surface area contributed by atoms with Crippen molar-refractivity contribution in [2.24, 2.45) is 11.7 Å². The quantitative estimate of drug-likeness (QED) is 0.0559. The van der Waals surface area contributed by atoms with E-state index in [1.54, 1.807) is 36.4 Å². The van der Waals surface area contributed by atoms with Crippen molar-refractivity contribution < 1.29 is 33.4 Å². The summed E-state index contributed by atoms with van der Waals surface area (Å²) < 4.78 is 15.0. The first-order valence-corrected chi connectivity index (χ1v) is 15.8. The number of ether oxygens (including phenoxy) is 3. The Morgan fingerprint density at radius 2 is 1.67 bits per heavy atom. The van der Waals surface area contributed by atoms with Crippen LogP contribution in [0, 0.1) is 11.3 Å². The van der Waals surface area contributed by atoms with E-state index in [0.717, 1.165) is 12.8 Å². The fraction of sp³-hybridized carbons (Fsp3) is 0.273. The second-order valence-electron chi connectivity index (χ2n) is 10.3. The smallest absolute Gasteiger partial charge is 0.357 e. The van der Waals surface area contributed by atoms with Crippen LogP contribution in [0.2, 0.25) is 0 Å². The van der Waals surface area contributed by atoms with Gasteiger partial charge in [-0.1, -0.05) is 47.5 Å². The predicted octanol–water partition coefficient (Wildman–Crippen LogP) is 5.78. The lowest BCUT2D eigenvalue weighted by molar-refractivity contribution is -0.142. The van der Waals surface area contributed by atoms with E-state index in [0.29, 0.717) is 35.0 Å². The molecule has 1 aliphatic rings. The summed E-state index contributed by atoms with van der Waals surface area (Å²) in [4.78, 5) is 55.4. The van der Waals surface area contributed by atoms with Crippen LogP contribution in [0.3, 0.4) is 0 Å². The Balaban J connectivity index is 0.00000148. The van der Waals surface area contributed by atoms with Crippen molar-refractivity contribution in [2.75, 3.05) is 32.2 Å². The zero-order chi connectivity index (χ0) is 35.4. The Morgan fingerprint density at radius 1 is 1.02 bits per heavy atom. The number of anilines is 1. The lowest BCUT2D eigenvalue weighted by Crippen LogP contribution is -2.27. The van der Waals surface area contributed by atoms with Crippen molar-refractivity contribution >= 4 is 76.2 Å². The van der Waals surface area contributed by atoms with Gasteiger partial charge in [-0.2, -0.15) is 0 Å². The molecule has 254 valence electrons. The second kappa shape index (κ2) is 18.0. The van der Waals surface area contributed by atoms with Gasteiger partial charge in [0.1, 0.15) is 30.5 Å². The molecule has 1 fully saturated rings. The third-order valence-corrected chi connectivity index (χ3v) is 6.77. The summed E-state index contributed by atoms with van der Waals surface area (Å²) in [5.74, 6) is -1.71. The molecule has 2 aromatic carbocycles. The third kappa shape index (κ3) is 11.3. The number of aromatic nitrogens is 1. The summed E-state index contributed by atoms with van der Waals surface area (Å²) >= 11 is 14.4. The van der Waals surface area contributed by atoms with Crippen molar-refractivity contribution in [1.29, 1.82) is 5.41 Å². The molecule has 15 heteroatoms. The van der Waals surface area contributed by atoms with Crippen LogP contribution in [0.5, 0.6) is 5.75 Å². The van der Waals surface area contributed by atoms with Crippen LogP contribution in [-0.4, -0.2) is 65.7 Å². The molecular formula is C33H34Cl3N5O7. The van der Waals surface area contributed by atoms with E-state index in [9.17, 15) is 19.2 Å². The van der Waals surface area contributed by atoms with Gasteiger partial charge >= 0.3 is 11.9 Å². The highest BCUT2D eigenvalue weighted by molar-refractivity contribution is 6.63. The first-order chi connectivity index (χ1) is 22.8. The molecule has 3 aromatic rings. The molecule has 0 bridgehead atoms. The number of nitrogens with two attached hydrogens (primary N) is 1. The summed E-state index contributed by atoms with van der Waals surface area (Å²) in [5, 5.41) is 13.2. The molecule has 0 spiro atoms. The number of amidine groups is 1. The predicted molar refractivity (Wildman–Crippen MR) is 185 cm³/mol. The first kappa shape index (κ1) is 37.8. The van der Waals surface area contributed by atoms with E-state index in [-0.39, 0.29) is 47.1 Å². The highest BCUT2D eigenvalue weighted by atomic mass is 35.6. The zero-order valence-electron chi connectivity index (χ0n) is 26.1. The molecule has 12 nitrogen and oxygen atoms in total. The lowest BCUT2D eigenvalue weighted by atomic mass is 9.94. The summed E-state index contributed by atoms with van der Waals surface area (Å²) in [5.41, 5.74) is 7.38. The highest BCUT2D eigenvalue weighted by Crippen LogP contribution is 2.35. The van der Waals surface area contributed by atoms with Crippen molar-refractivity contribution in [2.45, 2.75) is 24.1 Å². The minimum absolute atomic E-state index is 0.00687. The van der Waals surface area contributed by atoms with E-state index >= 15 is 0 Å². The van der Waals surface area contributed by atoms with Gasteiger partial charge in [0.2, 0.25) is 0 Å². The summed E-state index contributed by atoms with van der Waals surface area (Å²) in [7, 11) is 1.46. The number of hydrogen-bond acceptors (Lipinski definition) is 9. The molecule has 1 heterocycles. The summed E-state index contributed by atoms with van der Waals surface area (Å²) in [6, 6.07) is 12.5. The van der Waals surface area contributed by atoms with E-state index in [2.05, 4.69) is 22.2 Å². The number of rotatable bonds is 13. The molecule has 0 atom stereocenters. The number of alkyl halides is 3. The van der Waals surface area contributed by atoms with Gasteiger partial charge in [-0.3, -0.25) is 19.8 Å². The van der Waals surface area contributed by atoms with Gasteiger partial charge in [0.15, 0.2) is 9.99 Å². The Kier molecular flexibility index (Phi) is 14.2. The second-order valence-corrected chi connectivity index (χ2v) is 12.2. The number of nitrogen functional groups attached to an aromatic ring is 1. The van der Waals surface area contributed by atoms with Crippen LogP contribution in [0.25, 0.3) is 17.2 Å². The van der Waals surface area contributed by atoms with Gasteiger partial charge < -0.3 is 30.6 Å². The first-order valence-electron chi connectivity index (χ1n) is 14.5. The van der Waals surface area contributed by atoms with Gasteiger partial charge in [-0.25, -0.2) is 9.78 Å². The monoisotopic (exact) mass is 717 g/mol. The number of amides is 2. The van der Waals surface area contributed by atoms with E-state index in [4.69, 9.17) is 60.2 Å². The molecule has 48 heavy (non-hydrogen) atoms. The van der Waals surface area contributed by atoms with E-state index in [1.165, 1.54) is 32.2 Å². The maximum atomic E-state index is 13.7. The molecular weight excluding hydrogens is 685 g/mol. The molecule has 0 aliphatic heterocycles. The van der Waals surface area contributed by atoms with Crippen LogP contribution in [0.15, 0.2) is 55.1 Å². The number of esters is 2. The van der Waals surface area contributed by atoms with Crippen molar-refractivity contribution in [3.63, 3.8) is 0 Å². The number of nitrogens with one attached hydrogen (secondary N) is 3. The molecule has 2 amide bonds. The minimum Gasteiger partial charge on any atom is -0.496 e. The normalized spacial score (nSPS) is 11.8. The van der Waals surface area contributed by atoms with E-state index < -0.39 is 28.0 Å². The average Bonchev–Trinajstić information content (AvgIpc) is 3.89. The maximum absolute atomic E-state index is 13.7. The van der Waals surface area contributed by atoms with Gasteiger partial charge in [0, 0.05) is 47.0 Å². The van der Waals surface area contributed by atoms with Crippen LogP contribution in [-0.2, 0) is 14.3 Å². The van der Waals surface area contributed by atoms with Gasteiger partial charge in [0.05, 0.1) is 7.11 Å². The number of carbonyl (C=O) groups excluding carboxylic acids is 4. The van der Waals surface area contributed by atoms with Crippen LogP contribution >= 0.6 is 34.8 Å². The fourth-order valence-electron chi connectivity index (χ4n) is 4.27. The van der Waals surface area contributed by atoms with Crippen molar-refractivity contribution in [1.82, 2.24) is 10.3 Å². The fourth-order valence-corrected chi connectivity index (χ4v) is 4.27. The topological polar surface area (TPSA) is 183 Å². The highest BCUT2D eigenvalue weighted by Gasteiger charge is 2.26. The van der Waals surface area contributed by atoms with Crippen LogP contribution in [0.4, 0.5) is 5.69 Å². The Morgan fingerprint density at radius 3 is 2.23 bits per heavy atom. The largest absolute Gasteiger partial charge is 0.496 e. The van der Waals surface area contributed by atoms with E-state index in [1.807, 2.05) is 0 Å². The molecule has 0 saturated heterocycles. The standard InChI is InChI=1S/C32H33N5O7.CHCl3/c1-4-20-15-25(30(39)36-22-9-7-21(8-10-22)29(33)34)24(16-27(20)42-3)23-11-12-26(31(40)35-17-19-5-6-19)37-28(23)32(41)44-14-13-43-18(2)38;2-1(3)4/h4,7-12,15-16,19H,1,5-6,13-14,17H2,2-3H3,(H3,33,34)(H,35,40)(H,36,39);1H. The SMILES string of the molecule is C=Cc1cc(C(=O)Nc2ccc(C(=N)N)cc2)c(-c2ccc(C(=O)NCC3CC3)nc2C(=O)OCCOC(C)=O)cc1OC.ClC(Cl)Cl. The molecule has 0 radical (unpaired) electrons. The Labute approximate surface area is 292 Å². The molecule has 1 aliphatic carbocycles. The molecule has 1 saturated carbocycles. The molecule has 4 rings (SSSR count). The number of methoxy groups -OCH3 is 1. The third-order valence-electron chi connectivity index (χ3n) is 6.77. The number of hydrogen-bond donors (Lipinski definition) is 4. The average molecular weight is 719 g/mol. The minimum atomic E-state index is -0.887.